The Balaban J connectivity index is 1.68. The van der Waals surface area contributed by atoms with E-state index in [1.807, 2.05) is 0 Å². The van der Waals surface area contributed by atoms with E-state index in [0.29, 0.717) is 31.7 Å². The van der Waals surface area contributed by atoms with Gasteiger partial charge >= 0.3 is 6.18 Å². The molecule has 0 bridgehead atoms. The highest BCUT2D eigenvalue weighted by molar-refractivity contribution is 5.80. The zero-order valence-electron chi connectivity index (χ0n) is 13.8. The average molecular weight is 356 g/mol. The number of ether oxygens (including phenoxy) is 1. The summed E-state index contributed by atoms with van der Waals surface area (Å²) >= 11 is 0. The number of carbonyl (C=O) groups is 2. The summed E-state index contributed by atoms with van der Waals surface area (Å²) in [6.45, 7) is 1.00. The molecule has 5 nitrogen and oxygen atoms in total. The lowest BCUT2D eigenvalue weighted by Gasteiger charge is -2.25. The van der Waals surface area contributed by atoms with Crippen LogP contribution in [0.5, 0.6) is 0 Å². The summed E-state index contributed by atoms with van der Waals surface area (Å²) in [5.41, 5.74) is -0.449. The van der Waals surface area contributed by atoms with Crippen molar-refractivity contribution in [2.75, 3.05) is 26.7 Å². The fourth-order valence-corrected chi connectivity index (χ4v) is 3.30. The highest BCUT2D eigenvalue weighted by Gasteiger charge is 2.41. The molecule has 0 aliphatic carbocycles. The second-order valence-electron chi connectivity index (χ2n) is 6.40. The third kappa shape index (κ3) is 3.78. The van der Waals surface area contributed by atoms with E-state index in [0.717, 1.165) is 12.1 Å². The predicted octanol–water partition coefficient (Wildman–Crippen LogP) is 1.71. The summed E-state index contributed by atoms with van der Waals surface area (Å²) in [6.07, 6.45) is -4.47. The molecule has 0 spiro atoms. The van der Waals surface area contributed by atoms with E-state index in [4.69, 9.17) is 4.74 Å². The van der Waals surface area contributed by atoms with Crippen LogP contribution in [0.3, 0.4) is 0 Å². The van der Waals surface area contributed by atoms with Crippen molar-refractivity contribution in [3.8, 4) is 0 Å². The molecule has 0 N–H and O–H groups in total. The molecule has 2 aliphatic heterocycles. The maximum absolute atomic E-state index is 12.8. The minimum Gasteiger partial charge on any atom is -0.374 e. The van der Waals surface area contributed by atoms with Crippen LogP contribution in [0.25, 0.3) is 0 Å². The van der Waals surface area contributed by atoms with E-state index < -0.39 is 11.7 Å². The SMILES string of the molecule is CN1C(=O)CCO[C@H]2CN(C(=O)Cc3cccc(C(F)(F)F)c3)C[C@@H]21. The first-order valence-corrected chi connectivity index (χ1v) is 8.07. The van der Waals surface area contributed by atoms with Crippen LogP contribution in [0.1, 0.15) is 17.5 Å². The molecule has 2 atom stereocenters. The van der Waals surface area contributed by atoms with Crippen molar-refractivity contribution in [1.29, 1.82) is 0 Å². The number of nitrogens with zero attached hydrogens (tertiary/aromatic N) is 2. The zero-order chi connectivity index (χ0) is 18.2. The number of likely N-dealkylation sites (N-methyl/N-ethyl adjacent to an activating group) is 1. The van der Waals surface area contributed by atoms with Crippen molar-refractivity contribution >= 4 is 11.8 Å². The Labute approximate surface area is 143 Å². The van der Waals surface area contributed by atoms with Gasteiger partial charge < -0.3 is 14.5 Å². The standard InChI is InChI=1S/C17H19F3N2O3/c1-21-13-9-22(10-14(13)25-6-5-15(21)23)16(24)8-11-3-2-4-12(7-11)17(18,19)20/h2-4,7,13-14H,5-6,8-10H2,1H3/t13-,14-/m0/s1. The minimum atomic E-state index is -4.43. The van der Waals surface area contributed by atoms with Gasteiger partial charge in [-0.3, -0.25) is 9.59 Å². The molecule has 1 aromatic rings. The predicted molar refractivity (Wildman–Crippen MR) is 82.6 cm³/mol. The molecule has 2 heterocycles. The zero-order valence-corrected chi connectivity index (χ0v) is 13.8. The van der Waals surface area contributed by atoms with E-state index in [2.05, 4.69) is 0 Å². The number of alkyl halides is 3. The second kappa shape index (κ2) is 6.67. The molecule has 2 amide bonds. The average Bonchev–Trinajstić information content (AvgIpc) is 2.92. The third-order valence-corrected chi connectivity index (χ3v) is 4.74. The molecule has 2 fully saturated rings. The first-order chi connectivity index (χ1) is 11.8. The van der Waals surface area contributed by atoms with E-state index in [1.165, 1.54) is 12.1 Å². The van der Waals surface area contributed by atoms with Gasteiger partial charge in [0.1, 0.15) is 0 Å². The van der Waals surface area contributed by atoms with Crippen LogP contribution in [0.15, 0.2) is 24.3 Å². The van der Waals surface area contributed by atoms with Crippen molar-refractivity contribution < 1.29 is 27.5 Å². The van der Waals surface area contributed by atoms with Crippen molar-refractivity contribution in [2.45, 2.75) is 31.2 Å². The Morgan fingerprint density at radius 2 is 2.08 bits per heavy atom. The number of halogens is 3. The van der Waals surface area contributed by atoms with E-state index in [1.54, 1.807) is 16.8 Å². The van der Waals surface area contributed by atoms with Gasteiger partial charge in [-0.05, 0) is 11.6 Å². The Bertz CT molecular complexity index is 677. The van der Waals surface area contributed by atoms with Gasteiger partial charge in [0.25, 0.3) is 0 Å². The van der Waals surface area contributed by atoms with Crippen LogP contribution in [-0.4, -0.2) is 60.5 Å². The van der Waals surface area contributed by atoms with Crippen LogP contribution in [0, 0.1) is 0 Å². The normalized spacial score (nSPS) is 24.2. The summed E-state index contributed by atoms with van der Waals surface area (Å²) in [6, 6.07) is 4.58. The van der Waals surface area contributed by atoms with Gasteiger partial charge in [0.05, 0.1) is 37.2 Å². The van der Waals surface area contributed by atoms with Crippen molar-refractivity contribution in [1.82, 2.24) is 9.80 Å². The number of amides is 2. The third-order valence-electron chi connectivity index (χ3n) is 4.74. The van der Waals surface area contributed by atoms with Gasteiger partial charge in [-0.2, -0.15) is 13.2 Å². The van der Waals surface area contributed by atoms with Crippen LogP contribution in [0.4, 0.5) is 13.2 Å². The van der Waals surface area contributed by atoms with Gasteiger partial charge in [0, 0.05) is 20.1 Å². The maximum Gasteiger partial charge on any atom is 0.416 e. The Kier molecular flexibility index (Phi) is 4.73. The van der Waals surface area contributed by atoms with Crippen molar-refractivity contribution in [3.63, 3.8) is 0 Å². The van der Waals surface area contributed by atoms with Crippen LogP contribution in [0.2, 0.25) is 0 Å². The number of benzene rings is 1. The molecule has 136 valence electrons. The first-order valence-electron chi connectivity index (χ1n) is 8.07. The van der Waals surface area contributed by atoms with E-state index in [-0.39, 0.29) is 30.4 Å². The first kappa shape index (κ1) is 17.7. The van der Waals surface area contributed by atoms with Gasteiger partial charge in [-0.25, -0.2) is 0 Å². The fraction of sp³-hybridized carbons (Fsp3) is 0.529. The summed E-state index contributed by atoms with van der Waals surface area (Å²) in [5, 5.41) is 0. The number of hydrogen-bond donors (Lipinski definition) is 0. The largest absolute Gasteiger partial charge is 0.416 e. The molecule has 2 saturated heterocycles. The van der Waals surface area contributed by atoms with Crippen LogP contribution < -0.4 is 0 Å². The summed E-state index contributed by atoms with van der Waals surface area (Å²) in [5.74, 6) is -0.295. The molecule has 0 aromatic heterocycles. The highest BCUT2D eigenvalue weighted by atomic mass is 19.4. The van der Waals surface area contributed by atoms with Crippen molar-refractivity contribution in [2.24, 2.45) is 0 Å². The van der Waals surface area contributed by atoms with Gasteiger partial charge in [0.15, 0.2) is 0 Å². The van der Waals surface area contributed by atoms with Crippen molar-refractivity contribution in [3.05, 3.63) is 35.4 Å². The summed E-state index contributed by atoms with van der Waals surface area (Å²) in [4.78, 5) is 27.5. The molecule has 1 aromatic carbocycles. The number of fused-ring (bicyclic) bond motifs is 1. The summed E-state index contributed by atoms with van der Waals surface area (Å²) in [7, 11) is 1.69. The molecule has 0 unspecified atom stereocenters. The van der Waals surface area contributed by atoms with E-state index >= 15 is 0 Å². The Morgan fingerprint density at radius 3 is 2.80 bits per heavy atom. The number of carbonyl (C=O) groups excluding carboxylic acids is 2. The Hall–Kier alpha value is -2.09. The topological polar surface area (TPSA) is 49.9 Å². The monoisotopic (exact) mass is 356 g/mol. The van der Waals surface area contributed by atoms with Gasteiger partial charge in [-0.15, -0.1) is 0 Å². The quantitative estimate of drug-likeness (QED) is 0.811. The lowest BCUT2D eigenvalue weighted by atomic mass is 10.1. The van der Waals surface area contributed by atoms with Gasteiger partial charge in [-0.1, -0.05) is 18.2 Å². The summed E-state index contributed by atoms with van der Waals surface area (Å²) < 4.78 is 44.0. The van der Waals surface area contributed by atoms with Crippen LogP contribution in [-0.2, 0) is 26.9 Å². The van der Waals surface area contributed by atoms with Crippen LogP contribution >= 0.6 is 0 Å². The molecular formula is C17H19F3N2O3. The maximum atomic E-state index is 12.8. The number of rotatable bonds is 2. The number of likely N-dealkylation sites (tertiary alicyclic amines) is 1. The molecular weight excluding hydrogens is 337 g/mol. The minimum absolute atomic E-state index is 0.0281. The lowest BCUT2D eigenvalue weighted by molar-refractivity contribution is -0.138. The Morgan fingerprint density at radius 1 is 1.32 bits per heavy atom. The smallest absolute Gasteiger partial charge is 0.374 e. The fourth-order valence-electron chi connectivity index (χ4n) is 3.30. The molecule has 0 radical (unpaired) electrons. The molecule has 0 saturated carbocycles. The molecule has 3 rings (SSSR count). The molecule has 2 aliphatic rings. The molecule has 25 heavy (non-hydrogen) atoms. The molecule has 8 heteroatoms. The van der Waals surface area contributed by atoms with Gasteiger partial charge in [0.2, 0.25) is 11.8 Å². The van der Waals surface area contributed by atoms with E-state index in [9.17, 15) is 22.8 Å². The lowest BCUT2D eigenvalue weighted by Crippen LogP contribution is -2.43. The number of hydrogen-bond acceptors (Lipinski definition) is 3. The second-order valence-corrected chi connectivity index (χ2v) is 6.40. The highest BCUT2D eigenvalue weighted by Crippen LogP contribution is 2.30.